The van der Waals surface area contributed by atoms with Crippen molar-refractivity contribution >= 4 is 44.2 Å². The third-order valence-electron chi connectivity index (χ3n) is 2.86. The van der Waals surface area contributed by atoms with Crippen LogP contribution in [0.25, 0.3) is 0 Å². The molecule has 0 saturated heterocycles. The topological polar surface area (TPSA) is 127 Å². The van der Waals surface area contributed by atoms with Crippen molar-refractivity contribution in [1.29, 1.82) is 0 Å². The Kier molecular flexibility index (Phi) is 6.70. The van der Waals surface area contributed by atoms with Gasteiger partial charge in [-0.2, -0.15) is 0 Å². The molecule has 0 fully saturated rings. The van der Waals surface area contributed by atoms with Gasteiger partial charge in [-0.05, 0) is 13.8 Å². The van der Waals surface area contributed by atoms with Gasteiger partial charge >= 0.3 is 0 Å². The average molecular weight is 404 g/mol. The highest BCUT2D eigenvalue weighted by Gasteiger charge is 2.23. The highest BCUT2D eigenvalue weighted by atomic mass is 32.2. The molecule has 0 aliphatic carbocycles. The molecule has 0 unspecified atom stereocenters. The van der Waals surface area contributed by atoms with Crippen molar-refractivity contribution in [1.82, 2.24) is 20.1 Å². The molecule has 136 valence electrons. The number of aromatic nitrogens is 3. The summed E-state index contributed by atoms with van der Waals surface area (Å²) in [6.07, 6.45) is 1.70. The maximum atomic E-state index is 12.2. The first-order valence-electron chi connectivity index (χ1n) is 7.13. The third kappa shape index (κ3) is 5.36. The van der Waals surface area contributed by atoms with Gasteiger partial charge in [0.25, 0.3) is 0 Å². The Morgan fingerprint density at radius 2 is 2.16 bits per heavy atom. The number of thioether (sulfide) groups is 1. The zero-order chi connectivity index (χ0) is 18.4. The molecule has 1 amide bonds. The quantitative estimate of drug-likeness (QED) is 0.368. The van der Waals surface area contributed by atoms with E-state index in [4.69, 9.17) is 4.52 Å². The highest BCUT2D eigenvalue weighted by Crippen LogP contribution is 2.25. The SMILES string of the molecule is C=CCSc1nnc(NC(=O)CCNS(=O)(=O)c2c(C)noc2C)s1. The van der Waals surface area contributed by atoms with Crippen molar-refractivity contribution < 1.29 is 17.7 Å². The van der Waals surface area contributed by atoms with Crippen LogP contribution in [-0.2, 0) is 14.8 Å². The first-order valence-corrected chi connectivity index (χ1v) is 10.4. The number of nitrogens with one attached hydrogen (secondary N) is 2. The lowest BCUT2D eigenvalue weighted by Crippen LogP contribution is -2.28. The van der Waals surface area contributed by atoms with E-state index in [0.29, 0.717) is 15.2 Å². The van der Waals surface area contributed by atoms with Crippen LogP contribution in [0, 0.1) is 13.8 Å². The van der Waals surface area contributed by atoms with E-state index in [1.54, 1.807) is 6.08 Å². The van der Waals surface area contributed by atoms with Gasteiger partial charge in [-0.1, -0.05) is 34.3 Å². The fraction of sp³-hybridized carbons (Fsp3) is 0.385. The van der Waals surface area contributed by atoms with Crippen molar-refractivity contribution in [3.63, 3.8) is 0 Å². The lowest BCUT2D eigenvalue weighted by atomic mass is 10.4. The maximum Gasteiger partial charge on any atom is 0.245 e. The fourth-order valence-electron chi connectivity index (χ4n) is 1.86. The van der Waals surface area contributed by atoms with Gasteiger partial charge in [0.1, 0.15) is 10.6 Å². The maximum absolute atomic E-state index is 12.2. The van der Waals surface area contributed by atoms with E-state index < -0.39 is 10.0 Å². The van der Waals surface area contributed by atoms with Gasteiger partial charge < -0.3 is 9.84 Å². The number of sulfonamides is 1. The summed E-state index contributed by atoms with van der Waals surface area (Å²) in [5, 5.41) is 14.3. The number of anilines is 1. The molecule has 2 aromatic rings. The molecule has 0 aliphatic heterocycles. The fourth-order valence-corrected chi connectivity index (χ4v) is 4.75. The number of carbonyl (C=O) groups excluding carboxylic acids is 1. The molecule has 25 heavy (non-hydrogen) atoms. The smallest absolute Gasteiger partial charge is 0.245 e. The van der Waals surface area contributed by atoms with Crippen molar-refractivity contribution in [2.75, 3.05) is 17.6 Å². The Hall–Kier alpha value is -1.76. The van der Waals surface area contributed by atoms with Crippen molar-refractivity contribution in [2.45, 2.75) is 29.5 Å². The van der Waals surface area contributed by atoms with Gasteiger partial charge in [0, 0.05) is 18.7 Å². The van der Waals surface area contributed by atoms with E-state index in [-0.39, 0.29) is 35.2 Å². The summed E-state index contributed by atoms with van der Waals surface area (Å²) in [4.78, 5) is 11.9. The zero-order valence-electron chi connectivity index (χ0n) is 13.6. The van der Waals surface area contributed by atoms with E-state index in [0.717, 1.165) is 0 Å². The van der Waals surface area contributed by atoms with Crippen LogP contribution in [0.15, 0.2) is 26.4 Å². The number of nitrogens with zero attached hydrogens (tertiary/aromatic N) is 3. The van der Waals surface area contributed by atoms with Gasteiger partial charge in [0.05, 0.1) is 0 Å². The second-order valence-electron chi connectivity index (χ2n) is 4.82. The van der Waals surface area contributed by atoms with Crippen LogP contribution in [-0.4, -0.2) is 42.0 Å². The summed E-state index contributed by atoms with van der Waals surface area (Å²) >= 11 is 2.70. The Morgan fingerprint density at radius 1 is 1.40 bits per heavy atom. The Bertz CT molecular complexity index is 839. The molecule has 2 rings (SSSR count). The molecule has 12 heteroatoms. The molecule has 0 aromatic carbocycles. The van der Waals surface area contributed by atoms with Crippen LogP contribution >= 0.6 is 23.1 Å². The molecule has 9 nitrogen and oxygen atoms in total. The van der Waals surface area contributed by atoms with Gasteiger partial charge in [-0.3, -0.25) is 4.79 Å². The number of hydrogen-bond donors (Lipinski definition) is 2. The van der Waals surface area contributed by atoms with Crippen LogP contribution in [0.5, 0.6) is 0 Å². The molecule has 0 bridgehead atoms. The Morgan fingerprint density at radius 3 is 2.80 bits per heavy atom. The third-order valence-corrected chi connectivity index (χ3v) is 6.53. The Balaban J connectivity index is 1.84. The minimum Gasteiger partial charge on any atom is -0.360 e. The van der Waals surface area contributed by atoms with Crippen LogP contribution in [0.4, 0.5) is 5.13 Å². The molecule has 0 aliphatic rings. The van der Waals surface area contributed by atoms with Crippen LogP contribution in [0.1, 0.15) is 17.9 Å². The lowest BCUT2D eigenvalue weighted by molar-refractivity contribution is -0.116. The minimum absolute atomic E-state index is 0.000849. The molecule has 0 radical (unpaired) electrons. The van der Waals surface area contributed by atoms with Crippen molar-refractivity contribution in [3.8, 4) is 0 Å². The lowest BCUT2D eigenvalue weighted by Gasteiger charge is -2.05. The summed E-state index contributed by atoms with van der Waals surface area (Å²) in [5.41, 5.74) is 0.271. The summed E-state index contributed by atoms with van der Waals surface area (Å²) in [7, 11) is -3.78. The standard InChI is InChI=1S/C13H17N5O4S3/c1-4-7-23-13-17-16-12(24-13)15-10(19)5-6-14-25(20,21)11-8(2)18-22-9(11)3/h4,14H,1,5-7H2,2-3H3,(H,15,16,19). The minimum atomic E-state index is -3.78. The van der Waals surface area contributed by atoms with Crippen molar-refractivity contribution in [3.05, 3.63) is 24.1 Å². The number of carbonyl (C=O) groups is 1. The molecular formula is C13H17N5O4S3. The highest BCUT2D eigenvalue weighted by molar-refractivity contribution is 8.01. The molecule has 0 saturated carbocycles. The van der Waals surface area contributed by atoms with Gasteiger partial charge in [0.15, 0.2) is 10.1 Å². The molecule has 0 spiro atoms. The first-order chi connectivity index (χ1) is 11.8. The Labute approximate surface area is 153 Å². The van der Waals surface area contributed by atoms with E-state index in [1.165, 1.54) is 36.9 Å². The second-order valence-corrected chi connectivity index (χ2v) is 8.77. The monoisotopic (exact) mass is 403 g/mol. The number of hydrogen-bond acceptors (Lipinski definition) is 9. The predicted octanol–water partition coefficient (Wildman–Crippen LogP) is 1.73. The van der Waals surface area contributed by atoms with Crippen LogP contribution < -0.4 is 10.0 Å². The molecule has 0 atom stereocenters. The predicted molar refractivity (Wildman–Crippen MR) is 95.2 cm³/mol. The van der Waals surface area contributed by atoms with E-state index in [9.17, 15) is 13.2 Å². The summed E-state index contributed by atoms with van der Waals surface area (Å²) < 4.78 is 32.3. The van der Waals surface area contributed by atoms with Gasteiger partial charge in [-0.15, -0.1) is 16.8 Å². The molecule has 2 heterocycles. The van der Waals surface area contributed by atoms with Crippen molar-refractivity contribution in [2.24, 2.45) is 0 Å². The molecule has 2 N–H and O–H groups in total. The normalized spacial score (nSPS) is 11.4. The summed E-state index contributed by atoms with van der Waals surface area (Å²) in [6, 6.07) is 0. The average Bonchev–Trinajstić information content (AvgIpc) is 3.11. The zero-order valence-corrected chi connectivity index (χ0v) is 16.1. The number of rotatable bonds is 9. The summed E-state index contributed by atoms with van der Waals surface area (Å²) in [5.74, 6) is 0.539. The number of amides is 1. The van der Waals surface area contributed by atoms with Crippen LogP contribution in [0.3, 0.4) is 0 Å². The number of aryl methyl sites for hydroxylation is 2. The second kappa shape index (κ2) is 8.56. The van der Waals surface area contributed by atoms with E-state index in [2.05, 4.69) is 32.0 Å². The molecule has 2 aromatic heterocycles. The summed E-state index contributed by atoms with van der Waals surface area (Å²) in [6.45, 7) is 6.60. The van der Waals surface area contributed by atoms with Gasteiger partial charge in [-0.25, -0.2) is 13.1 Å². The van der Waals surface area contributed by atoms with Crippen LogP contribution in [0.2, 0.25) is 0 Å². The molecular weight excluding hydrogens is 386 g/mol. The van der Waals surface area contributed by atoms with E-state index in [1.807, 2.05) is 0 Å². The first kappa shape index (κ1) is 19.6. The van der Waals surface area contributed by atoms with Gasteiger partial charge in [0.2, 0.25) is 21.1 Å². The largest absolute Gasteiger partial charge is 0.360 e. The van der Waals surface area contributed by atoms with E-state index >= 15 is 0 Å².